The summed E-state index contributed by atoms with van der Waals surface area (Å²) in [7, 11) is 0. The maximum absolute atomic E-state index is 13.6. The van der Waals surface area contributed by atoms with Gasteiger partial charge in [-0.3, -0.25) is 4.79 Å². The van der Waals surface area contributed by atoms with Crippen molar-refractivity contribution >= 4 is 17.9 Å². The number of carboxylic acids is 1. The van der Waals surface area contributed by atoms with Crippen LogP contribution < -0.4 is 16.3 Å². The smallest absolute Gasteiger partial charge is 0.340 e. The summed E-state index contributed by atoms with van der Waals surface area (Å²) in [6, 6.07) is 0. The average molecular weight is 272 g/mol. The number of fused-ring (bicyclic) bond motifs is 1. The van der Waals surface area contributed by atoms with E-state index in [1.54, 1.807) is 0 Å². The fourth-order valence-electron chi connectivity index (χ4n) is 1.95. The molecule has 0 amide bonds. The van der Waals surface area contributed by atoms with Crippen LogP contribution in [0.5, 0.6) is 0 Å². The molecule has 1 aliphatic carbocycles. The fourth-order valence-corrected chi connectivity index (χ4v) is 1.95. The van der Waals surface area contributed by atoms with E-state index in [4.69, 9.17) is 5.11 Å². The number of rotatable bonds is 2. The minimum atomic E-state index is -2.01. The van der Waals surface area contributed by atoms with Crippen molar-refractivity contribution < 1.29 is 28.2 Å². The molecule has 0 aromatic carbocycles. The number of halogens is 2. The number of hydrogen-bond acceptors (Lipinski definition) is 4. The van der Waals surface area contributed by atoms with Gasteiger partial charge < -0.3 is 14.6 Å². The topological polar surface area (TPSA) is 87.7 Å². The molecule has 0 spiro atoms. The summed E-state index contributed by atoms with van der Waals surface area (Å²) in [5, 5.41) is 17.9. The number of carboxylic acid groups (broad SMARTS) is 1. The number of hydrogen-bond donors (Lipinski definition) is 2. The highest BCUT2D eigenvalue weighted by molar-refractivity contribution is 5.70. The van der Waals surface area contributed by atoms with Crippen LogP contribution in [0.25, 0.3) is 11.9 Å². The van der Waals surface area contributed by atoms with E-state index in [1.165, 1.54) is 6.92 Å². The molecule has 0 aliphatic heterocycles. The molecule has 19 heavy (non-hydrogen) atoms. The zero-order chi connectivity index (χ0) is 14.3. The molecule has 0 saturated heterocycles. The highest BCUT2D eigenvalue weighted by Crippen LogP contribution is 2.14. The average Bonchev–Trinajstić information content (AvgIpc) is 2.33. The molecule has 5 nitrogen and oxygen atoms in total. The van der Waals surface area contributed by atoms with Gasteiger partial charge in [0, 0.05) is 5.22 Å². The van der Waals surface area contributed by atoms with Crippen molar-refractivity contribution in [3.8, 4) is 0 Å². The summed E-state index contributed by atoms with van der Waals surface area (Å²) >= 11 is 0. The van der Waals surface area contributed by atoms with E-state index in [2.05, 4.69) is 4.42 Å². The Kier molecular flexibility index (Phi) is 3.23. The normalized spacial score (nSPS) is 21.8. The van der Waals surface area contributed by atoms with Crippen molar-refractivity contribution in [2.75, 3.05) is 0 Å². The fraction of sp³-hybridized carbons (Fsp3) is 0.333. The molecule has 0 fully saturated rings. The van der Waals surface area contributed by atoms with Crippen molar-refractivity contribution in [1.82, 2.24) is 0 Å². The molecule has 1 aliphatic rings. The zero-order valence-electron chi connectivity index (χ0n) is 9.81. The molecule has 0 saturated carbocycles. The van der Waals surface area contributed by atoms with E-state index in [0.717, 1.165) is 6.08 Å². The van der Waals surface area contributed by atoms with Crippen LogP contribution in [0.3, 0.4) is 0 Å². The monoisotopic (exact) mass is 272 g/mol. The molecule has 0 bridgehead atoms. The van der Waals surface area contributed by atoms with Gasteiger partial charge >= 0.3 is 11.6 Å². The Morgan fingerprint density at radius 3 is 2.74 bits per heavy atom. The molecule has 2 rings (SSSR count). The number of aliphatic hydroxyl groups excluding tert-OH is 1. The van der Waals surface area contributed by atoms with E-state index < -0.39 is 41.5 Å². The first-order chi connectivity index (χ1) is 8.82. The largest absolute Gasteiger partial charge is 0.481 e. The van der Waals surface area contributed by atoms with Gasteiger partial charge in [-0.05, 0) is 18.6 Å². The maximum atomic E-state index is 13.6. The summed E-state index contributed by atoms with van der Waals surface area (Å²) in [6.07, 6.45) is -3.68. The Morgan fingerprint density at radius 2 is 2.16 bits per heavy atom. The summed E-state index contributed by atoms with van der Waals surface area (Å²) in [4.78, 5) is 22.2. The van der Waals surface area contributed by atoms with E-state index in [-0.39, 0.29) is 16.3 Å². The van der Waals surface area contributed by atoms with E-state index in [1.807, 2.05) is 0 Å². The minimum Gasteiger partial charge on any atom is -0.481 e. The number of aliphatic carboxylic acids is 1. The van der Waals surface area contributed by atoms with Crippen LogP contribution in [0.4, 0.5) is 8.78 Å². The Morgan fingerprint density at radius 1 is 1.53 bits per heavy atom. The molecule has 1 aromatic rings. The van der Waals surface area contributed by atoms with Crippen LogP contribution in [-0.4, -0.2) is 28.5 Å². The second-order valence-electron chi connectivity index (χ2n) is 4.21. The minimum absolute atomic E-state index is 0.0360. The van der Waals surface area contributed by atoms with Crippen LogP contribution in [0, 0.1) is 6.92 Å². The molecule has 2 atom stereocenters. The molecular formula is C12H10F2O5. The maximum Gasteiger partial charge on any atom is 0.340 e. The third kappa shape index (κ3) is 2.17. The second kappa shape index (κ2) is 4.58. The van der Waals surface area contributed by atoms with Gasteiger partial charge in [-0.2, -0.15) is 0 Å². The van der Waals surface area contributed by atoms with Crippen LogP contribution in [0.15, 0.2) is 9.21 Å². The molecule has 1 heterocycles. The molecule has 7 heteroatoms. The summed E-state index contributed by atoms with van der Waals surface area (Å²) in [5.41, 5.74) is -1.58. The lowest BCUT2D eigenvalue weighted by Gasteiger charge is -2.15. The van der Waals surface area contributed by atoms with Gasteiger partial charge in [-0.25, -0.2) is 13.6 Å². The van der Waals surface area contributed by atoms with Crippen molar-refractivity contribution in [3.05, 3.63) is 32.2 Å². The number of alkyl halides is 1. The van der Waals surface area contributed by atoms with Gasteiger partial charge in [0.25, 0.3) is 0 Å². The van der Waals surface area contributed by atoms with Gasteiger partial charge in [0.05, 0.1) is 12.0 Å². The van der Waals surface area contributed by atoms with E-state index in [0.29, 0.717) is 0 Å². The van der Waals surface area contributed by atoms with Crippen LogP contribution >= 0.6 is 0 Å². The lowest BCUT2D eigenvalue weighted by atomic mass is 10.0. The molecule has 0 radical (unpaired) electrons. The molecular weight excluding hydrogens is 262 g/mol. The number of aliphatic hydroxyl groups is 1. The Hall–Kier alpha value is -2.02. The summed E-state index contributed by atoms with van der Waals surface area (Å²) < 4.78 is 31.7. The summed E-state index contributed by atoms with van der Waals surface area (Å²) in [5.74, 6) is -2.53. The Bertz CT molecular complexity index is 719. The highest BCUT2D eigenvalue weighted by atomic mass is 19.1. The van der Waals surface area contributed by atoms with Gasteiger partial charge in [0.15, 0.2) is 17.4 Å². The predicted octanol–water partition coefficient (Wildman–Crippen LogP) is -0.854. The van der Waals surface area contributed by atoms with Crippen LogP contribution in [0.2, 0.25) is 0 Å². The quantitative estimate of drug-likeness (QED) is 0.732. The third-order valence-electron chi connectivity index (χ3n) is 2.97. The molecule has 2 unspecified atom stereocenters. The van der Waals surface area contributed by atoms with Crippen LogP contribution in [0.1, 0.15) is 11.1 Å². The van der Waals surface area contributed by atoms with Gasteiger partial charge in [-0.1, -0.05) is 0 Å². The molecule has 2 N–H and O–H groups in total. The lowest BCUT2D eigenvalue weighted by molar-refractivity contribution is -0.136. The third-order valence-corrected chi connectivity index (χ3v) is 2.97. The number of carbonyl (C=O) groups is 1. The van der Waals surface area contributed by atoms with Crippen molar-refractivity contribution in [1.29, 1.82) is 0 Å². The van der Waals surface area contributed by atoms with Gasteiger partial charge in [0.2, 0.25) is 0 Å². The summed E-state index contributed by atoms with van der Waals surface area (Å²) in [6.45, 7) is 1.38. The lowest BCUT2D eigenvalue weighted by Crippen LogP contribution is -2.44. The zero-order valence-corrected chi connectivity index (χ0v) is 9.81. The highest BCUT2D eigenvalue weighted by Gasteiger charge is 2.28. The van der Waals surface area contributed by atoms with Crippen molar-refractivity contribution in [3.63, 3.8) is 0 Å². The second-order valence-corrected chi connectivity index (χ2v) is 4.21. The first-order valence-electron chi connectivity index (χ1n) is 5.41. The first kappa shape index (κ1) is 13.4. The SMILES string of the molecule is Cc1c(CC(=O)O)c(=O)oc2c1=CC(F)C(O)C=2F. The molecule has 1 aromatic heterocycles. The van der Waals surface area contributed by atoms with E-state index >= 15 is 0 Å². The van der Waals surface area contributed by atoms with Gasteiger partial charge in [0.1, 0.15) is 6.10 Å². The van der Waals surface area contributed by atoms with Crippen molar-refractivity contribution in [2.24, 2.45) is 0 Å². The van der Waals surface area contributed by atoms with Crippen LogP contribution in [-0.2, 0) is 11.2 Å². The Balaban J connectivity index is 2.85. The van der Waals surface area contributed by atoms with Crippen molar-refractivity contribution in [2.45, 2.75) is 25.6 Å². The van der Waals surface area contributed by atoms with Gasteiger partial charge in [-0.15, -0.1) is 0 Å². The van der Waals surface area contributed by atoms with E-state index in [9.17, 15) is 23.5 Å². The molecule has 102 valence electrons. The predicted molar refractivity (Wildman–Crippen MR) is 60.2 cm³/mol. The standard InChI is InChI=1S/C12H10F2O5/c1-4-5-2-7(13)10(17)9(14)11(5)19-12(18)6(4)3-8(15)16/h2,7,10,17H,3H2,1H3,(H,15,16). The first-order valence-corrected chi connectivity index (χ1v) is 5.41. The Labute approximate surface area is 105 Å².